The second kappa shape index (κ2) is 26.9. The predicted molar refractivity (Wildman–Crippen MR) is 230 cm³/mol. The Morgan fingerprint density at radius 1 is 0.576 bits per heavy atom. The lowest BCUT2D eigenvalue weighted by Gasteiger charge is -2.32. The third-order valence-corrected chi connectivity index (χ3v) is 11.1. The molecule has 3 rings (SSSR count). The number of carbonyl (C=O) groups excluding carboxylic acids is 7. The van der Waals surface area contributed by atoms with E-state index >= 15 is 0 Å². The summed E-state index contributed by atoms with van der Waals surface area (Å²) in [5.41, 5.74) is 0.911. The number of carbonyl (C=O) groups is 10. The molecule has 2 aromatic rings. The van der Waals surface area contributed by atoms with Crippen molar-refractivity contribution in [2.45, 2.75) is 139 Å². The molecule has 0 aliphatic heterocycles. The van der Waals surface area contributed by atoms with Gasteiger partial charge in [0.05, 0.1) is 0 Å². The third kappa shape index (κ3) is 17.6. The van der Waals surface area contributed by atoms with Crippen molar-refractivity contribution < 1.29 is 72.0 Å². The average molecular weight is 929 g/mol. The highest BCUT2D eigenvalue weighted by Gasteiger charge is 2.39. The van der Waals surface area contributed by atoms with E-state index in [4.69, 9.17) is 0 Å². The van der Waals surface area contributed by atoms with Crippen molar-refractivity contribution in [1.82, 2.24) is 31.9 Å². The normalized spacial score (nSPS) is 15.4. The number of Topliss-reactive ketones (excluding diaryl/α,β-unsaturated/α-hetero) is 1. The summed E-state index contributed by atoms with van der Waals surface area (Å²) < 4.78 is 26.9. The summed E-state index contributed by atoms with van der Waals surface area (Å²) in [5, 5.41) is 43.0. The first kappa shape index (κ1) is 53.5. The summed E-state index contributed by atoms with van der Waals surface area (Å²) in [4.78, 5) is 130. The maximum absolute atomic E-state index is 14.8. The van der Waals surface area contributed by atoms with Gasteiger partial charge in [-0.3, -0.25) is 43.2 Å². The van der Waals surface area contributed by atoms with Gasteiger partial charge in [0.1, 0.15) is 36.3 Å². The predicted octanol–water partition coefficient (Wildman–Crippen LogP) is 2.17. The molecular formula is C45H58F2N6O13. The molecule has 0 heterocycles. The first-order valence-electron chi connectivity index (χ1n) is 21.7. The van der Waals surface area contributed by atoms with Gasteiger partial charge in [0.25, 0.3) is 5.78 Å². The quantitative estimate of drug-likeness (QED) is 0.0582. The standard InChI is InChI=1S/C45H58F2N6O13/c1-3-29(48-25(2)54)40(60)49-31(20-22-36(57)58)42(62)53-38(37(27-15-9-5-10-16-27)28-17-11-6-12-18-28)44(64)50-30(19-21-35(55)56)41(61)52-33(23-26-13-7-4-8-14-26)43(63)51-32(24-34(46)47)39(59)45(65)66/h5-6,9-12,15-18,26,29-34,37-38H,3-4,7-8,13-14,19-24H2,1-2H3,(H,48,54)(H,49,60)(H,50,64)(H,51,63)(H,52,61)(H,53,62)(H,55,56)(H,57,58)(H,65,66)/t29-,30-,31-,32-,33-,38-/m0/s1. The smallest absolute Gasteiger partial charge is 0.374 e. The summed E-state index contributed by atoms with van der Waals surface area (Å²) >= 11 is 0. The number of amides is 6. The Morgan fingerprint density at radius 3 is 1.47 bits per heavy atom. The SMILES string of the molecule is CC[C@H](NC(C)=O)C(=O)N[C@@H](CCC(=O)O)C(=O)N[C@H](C(=O)N[C@@H](CCC(=O)O)C(=O)N[C@@H](CC1CCCCC1)C(=O)N[C@@H](CC(F)F)C(=O)C(=O)O)C(c1ccccc1)c1ccccc1. The van der Waals surface area contributed by atoms with Crippen LogP contribution < -0.4 is 31.9 Å². The minimum Gasteiger partial charge on any atom is -0.481 e. The van der Waals surface area contributed by atoms with Crippen LogP contribution in [0.4, 0.5) is 8.78 Å². The highest BCUT2D eigenvalue weighted by atomic mass is 19.3. The zero-order chi connectivity index (χ0) is 48.9. The van der Waals surface area contributed by atoms with Gasteiger partial charge in [-0.15, -0.1) is 0 Å². The second-order valence-electron chi connectivity index (χ2n) is 16.1. The number of carboxylic acid groups (broad SMARTS) is 3. The molecule has 19 nitrogen and oxygen atoms in total. The Labute approximate surface area is 379 Å². The van der Waals surface area contributed by atoms with Crippen LogP contribution in [0.5, 0.6) is 0 Å². The molecule has 0 unspecified atom stereocenters. The number of ketones is 1. The molecule has 360 valence electrons. The third-order valence-electron chi connectivity index (χ3n) is 11.1. The van der Waals surface area contributed by atoms with Crippen molar-refractivity contribution in [2.75, 3.05) is 0 Å². The van der Waals surface area contributed by atoms with E-state index in [0.29, 0.717) is 24.0 Å². The lowest BCUT2D eigenvalue weighted by atomic mass is 9.84. The van der Waals surface area contributed by atoms with E-state index in [-0.39, 0.29) is 18.8 Å². The summed E-state index contributed by atoms with van der Waals surface area (Å²) in [6.45, 7) is 2.76. The lowest BCUT2D eigenvalue weighted by Crippen LogP contribution is -2.61. The molecule has 0 aromatic heterocycles. The highest BCUT2D eigenvalue weighted by molar-refractivity contribution is 6.35. The molecule has 1 saturated carbocycles. The molecule has 21 heteroatoms. The number of alkyl halides is 2. The Hall–Kier alpha value is -6.80. The number of hydrogen-bond acceptors (Lipinski definition) is 10. The minimum absolute atomic E-state index is 0.0904. The molecule has 1 aliphatic carbocycles. The van der Waals surface area contributed by atoms with E-state index < -0.39 is 140 Å². The molecule has 0 radical (unpaired) electrons. The fourth-order valence-electron chi connectivity index (χ4n) is 7.75. The fourth-order valence-corrected chi connectivity index (χ4v) is 7.75. The van der Waals surface area contributed by atoms with Gasteiger partial charge in [-0.05, 0) is 42.7 Å². The van der Waals surface area contributed by atoms with Gasteiger partial charge in [0.15, 0.2) is 0 Å². The van der Waals surface area contributed by atoms with Gasteiger partial charge in [-0.2, -0.15) is 0 Å². The molecule has 1 fully saturated rings. The van der Waals surface area contributed by atoms with Crippen LogP contribution in [0.15, 0.2) is 60.7 Å². The largest absolute Gasteiger partial charge is 0.481 e. The Balaban J connectivity index is 2.11. The first-order valence-corrected chi connectivity index (χ1v) is 21.7. The van der Waals surface area contributed by atoms with Crippen LogP contribution in [-0.4, -0.2) is 117 Å². The van der Waals surface area contributed by atoms with Crippen LogP contribution in [0.2, 0.25) is 0 Å². The maximum atomic E-state index is 14.8. The Morgan fingerprint density at radius 2 is 1.02 bits per heavy atom. The Kier molecular flexibility index (Phi) is 21.8. The van der Waals surface area contributed by atoms with Crippen molar-refractivity contribution >= 4 is 59.1 Å². The van der Waals surface area contributed by atoms with Crippen LogP contribution in [0.3, 0.4) is 0 Å². The number of aliphatic carboxylic acids is 3. The van der Waals surface area contributed by atoms with Crippen LogP contribution in [0, 0.1) is 5.92 Å². The van der Waals surface area contributed by atoms with Crippen molar-refractivity contribution in [1.29, 1.82) is 0 Å². The van der Waals surface area contributed by atoms with E-state index in [9.17, 15) is 72.0 Å². The zero-order valence-electron chi connectivity index (χ0n) is 36.6. The Bertz CT molecular complexity index is 1980. The van der Waals surface area contributed by atoms with E-state index in [2.05, 4.69) is 26.6 Å². The minimum atomic E-state index is -3.20. The van der Waals surface area contributed by atoms with Crippen molar-refractivity contribution in [3.8, 4) is 0 Å². The van der Waals surface area contributed by atoms with Gasteiger partial charge >= 0.3 is 17.9 Å². The topological polar surface area (TPSA) is 304 Å². The number of benzene rings is 2. The van der Waals surface area contributed by atoms with Gasteiger partial charge in [0, 0.05) is 32.1 Å². The van der Waals surface area contributed by atoms with Crippen LogP contribution >= 0.6 is 0 Å². The molecule has 0 bridgehead atoms. The molecule has 0 saturated heterocycles. The summed E-state index contributed by atoms with van der Waals surface area (Å²) in [7, 11) is 0. The molecule has 66 heavy (non-hydrogen) atoms. The van der Waals surface area contributed by atoms with Crippen LogP contribution in [0.1, 0.15) is 108 Å². The number of carboxylic acids is 3. The summed E-state index contributed by atoms with van der Waals surface area (Å²) in [6, 6.07) is 6.68. The van der Waals surface area contributed by atoms with Crippen LogP contribution in [0.25, 0.3) is 0 Å². The van der Waals surface area contributed by atoms with E-state index in [0.717, 1.165) is 19.3 Å². The lowest BCUT2D eigenvalue weighted by molar-refractivity contribution is -0.151. The van der Waals surface area contributed by atoms with Crippen molar-refractivity contribution in [2.24, 2.45) is 5.92 Å². The van der Waals surface area contributed by atoms with Crippen molar-refractivity contribution in [3.05, 3.63) is 71.8 Å². The second-order valence-corrected chi connectivity index (χ2v) is 16.1. The molecule has 0 spiro atoms. The molecule has 6 atom stereocenters. The van der Waals surface area contributed by atoms with Gasteiger partial charge < -0.3 is 47.2 Å². The number of hydrogen-bond donors (Lipinski definition) is 9. The van der Waals surface area contributed by atoms with Gasteiger partial charge in [0.2, 0.25) is 41.9 Å². The van der Waals surface area contributed by atoms with Gasteiger partial charge in [-0.1, -0.05) is 99.7 Å². The summed E-state index contributed by atoms with van der Waals surface area (Å²) in [6.07, 6.45) is -3.30. The highest BCUT2D eigenvalue weighted by Crippen LogP contribution is 2.30. The number of nitrogens with one attached hydrogen (secondary N) is 6. The summed E-state index contributed by atoms with van der Waals surface area (Å²) in [5.74, 6) is -13.6. The van der Waals surface area contributed by atoms with Crippen molar-refractivity contribution in [3.63, 3.8) is 0 Å². The number of rotatable bonds is 27. The first-order chi connectivity index (χ1) is 31.3. The average Bonchev–Trinajstić information content (AvgIpc) is 3.27. The van der Waals surface area contributed by atoms with E-state index in [1.807, 2.05) is 5.32 Å². The molecule has 9 N–H and O–H groups in total. The van der Waals surface area contributed by atoms with Crippen LogP contribution in [-0.2, 0) is 47.9 Å². The zero-order valence-corrected chi connectivity index (χ0v) is 36.6. The monoisotopic (exact) mass is 928 g/mol. The maximum Gasteiger partial charge on any atom is 0.374 e. The molecule has 1 aliphatic rings. The molecular weight excluding hydrogens is 871 g/mol. The number of halogens is 2. The molecule has 2 aromatic carbocycles. The van der Waals surface area contributed by atoms with E-state index in [1.165, 1.54) is 6.92 Å². The molecule has 6 amide bonds. The van der Waals surface area contributed by atoms with Gasteiger partial charge in [-0.25, -0.2) is 13.6 Å². The van der Waals surface area contributed by atoms with E-state index in [1.54, 1.807) is 67.6 Å². The fraction of sp³-hybridized carbons (Fsp3) is 0.511.